The zero-order valence-corrected chi connectivity index (χ0v) is 12.8. The van der Waals surface area contributed by atoms with Crippen LogP contribution in [0.3, 0.4) is 0 Å². The highest BCUT2D eigenvalue weighted by Gasteiger charge is 2.23. The lowest BCUT2D eigenvalue weighted by Crippen LogP contribution is -2.49. The fourth-order valence-electron chi connectivity index (χ4n) is 2.74. The minimum atomic E-state index is 0.142. The van der Waals surface area contributed by atoms with Crippen LogP contribution in [-0.2, 0) is 4.79 Å². The van der Waals surface area contributed by atoms with Gasteiger partial charge in [-0.3, -0.25) is 4.79 Å². The molecule has 0 bridgehead atoms. The maximum atomic E-state index is 12.4. The van der Waals surface area contributed by atoms with Crippen molar-refractivity contribution in [2.24, 2.45) is 0 Å². The smallest absolute Gasteiger partial charge is 0.224 e. The molecule has 0 unspecified atom stereocenters. The van der Waals surface area contributed by atoms with Crippen molar-refractivity contribution >= 4 is 11.7 Å². The third-order valence-electron chi connectivity index (χ3n) is 4.11. The lowest BCUT2D eigenvalue weighted by atomic mass is 10.2. The monoisotopic (exact) mass is 299 g/mol. The summed E-state index contributed by atoms with van der Waals surface area (Å²) in [4.78, 5) is 25.0. The van der Waals surface area contributed by atoms with Gasteiger partial charge in [0, 0.05) is 57.2 Å². The van der Waals surface area contributed by atoms with Crippen LogP contribution in [0.5, 0.6) is 0 Å². The van der Waals surface area contributed by atoms with Crippen molar-refractivity contribution in [3.63, 3.8) is 0 Å². The van der Waals surface area contributed by atoms with Gasteiger partial charge in [0.15, 0.2) is 0 Å². The Balaban J connectivity index is 1.52. The van der Waals surface area contributed by atoms with Gasteiger partial charge in [-0.15, -0.1) is 0 Å². The topological polar surface area (TPSA) is 54.3 Å². The Morgan fingerprint density at radius 1 is 1.23 bits per heavy atom. The first-order valence-corrected chi connectivity index (χ1v) is 7.65. The summed E-state index contributed by atoms with van der Waals surface area (Å²) in [5, 5.41) is 0. The first-order valence-electron chi connectivity index (χ1n) is 7.65. The summed E-state index contributed by atoms with van der Waals surface area (Å²) >= 11 is 0. The van der Waals surface area contributed by atoms with Crippen LogP contribution in [-0.4, -0.2) is 51.5 Å². The molecule has 3 heterocycles. The summed E-state index contributed by atoms with van der Waals surface area (Å²) in [5.74, 6) is 1.20. The van der Waals surface area contributed by atoms with Crippen molar-refractivity contribution in [2.75, 3.05) is 31.1 Å². The van der Waals surface area contributed by atoms with Crippen molar-refractivity contribution in [3.05, 3.63) is 43.1 Å². The van der Waals surface area contributed by atoms with E-state index in [-0.39, 0.29) is 11.9 Å². The van der Waals surface area contributed by atoms with Gasteiger partial charge in [-0.2, -0.15) is 0 Å². The maximum absolute atomic E-state index is 12.4. The quantitative estimate of drug-likeness (QED) is 0.860. The van der Waals surface area contributed by atoms with Crippen LogP contribution >= 0.6 is 0 Å². The van der Waals surface area contributed by atoms with Crippen molar-refractivity contribution in [3.8, 4) is 0 Å². The number of hydrogen-bond donors (Lipinski definition) is 0. The van der Waals surface area contributed by atoms with Gasteiger partial charge in [0.05, 0.1) is 6.33 Å². The summed E-state index contributed by atoms with van der Waals surface area (Å²) in [5.41, 5.74) is 0. The number of rotatable bonds is 4. The number of aromatic nitrogens is 3. The summed E-state index contributed by atoms with van der Waals surface area (Å²) in [6, 6.07) is 6.07. The van der Waals surface area contributed by atoms with Crippen molar-refractivity contribution < 1.29 is 4.79 Å². The first kappa shape index (κ1) is 14.6. The Bertz CT molecular complexity index is 590. The number of imidazole rings is 1. The predicted molar refractivity (Wildman–Crippen MR) is 84.6 cm³/mol. The van der Waals surface area contributed by atoms with E-state index in [4.69, 9.17) is 0 Å². The summed E-state index contributed by atoms with van der Waals surface area (Å²) < 4.78 is 1.97. The first-order chi connectivity index (χ1) is 10.7. The Hall–Kier alpha value is -2.37. The molecule has 0 spiro atoms. The summed E-state index contributed by atoms with van der Waals surface area (Å²) in [6.45, 7) is 5.23. The molecule has 0 aromatic carbocycles. The van der Waals surface area contributed by atoms with E-state index < -0.39 is 0 Å². The fourth-order valence-corrected chi connectivity index (χ4v) is 2.74. The number of nitrogens with zero attached hydrogens (tertiary/aromatic N) is 5. The van der Waals surface area contributed by atoms with Gasteiger partial charge in [0.25, 0.3) is 0 Å². The van der Waals surface area contributed by atoms with E-state index in [9.17, 15) is 4.79 Å². The van der Waals surface area contributed by atoms with Gasteiger partial charge in [0.1, 0.15) is 5.82 Å². The van der Waals surface area contributed by atoms with Crippen LogP contribution in [0.4, 0.5) is 5.82 Å². The molecule has 0 N–H and O–H groups in total. The normalized spacial score (nSPS) is 16.6. The predicted octanol–water partition coefficient (Wildman–Crippen LogP) is 1.58. The molecular formula is C16H21N5O. The second-order valence-corrected chi connectivity index (χ2v) is 5.62. The minimum Gasteiger partial charge on any atom is -0.353 e. The second kappa shape index (κ2) is 6.60. The lowest BCUT2D eigenvalue weighted by Gasteiger charge is -2.35. The Kier molecular flexibility index (Phi) is 4.37. The van der Waals surface area contributed by atoms with E-state index >= 15 is 0 Å². The zero-order valence-electron chi connectivity index (χ0n) is 12.8. The van der Waals surface area contributed by atoms with Gasteiger partial charge in [-0.25, -0.2) is 9.97 Å². The molecule has 0 radical (unpaired) electrons. The van der Waals surface area contributed by atoms with E-state index in [0.29, 0.717) is 6.42 Å². The molecule has 1 saturated heterocycles. The third-order valence-corrected chi connectivity index (χ3v) is 4.11. The zero-order chi connectivity index (χ0) is 15.4. The number of anilines is 1. The van der Waals surface area contributed by atoms with Crippen LogP contribution in [0.25, 0.3) is 0 Å². The van der Waals surface area contributed by atoms with Crippen molar-refractivity contribution in [1.29, 1.82) is 0 Å². The lowest BCUT2D eigenvalue weighted by molar-refractivity contribution is -0.132. The van der Waals surface area contributed by atoms with E-state index in [1.165, 1.54) is 0 Å². The van der Waals surface area contributed by atoms with Crippen LogP contribution in [0, 0.1) is 0 Å². The number of pyridine rings is 1. The Morgan fingerprint density at radius 2 is 2.05 bits per heavy atom. The van der Waals surface area contributed by atoms with Crippen LogP contribution < -0.4 is 4.90 Å². The molecule has 22 heavy (non-hydrogen) atoms. The molecule has 2 aromatic rings. The number of piperazine rings is 1. The van der Waals surface area contributed by atoms with E-state index in [1.807, 2.05) is 40.8 Å². The standard InChI is InChI=1S/C16H21N5O/c1-14(21-7-6-17-13-21)12-16(22)20-10-8-19(9-11-20)15-4-2-3-5-18-15/h2-7,13-14H,8-12H2,1H3/t14-/m0/s1. The average Bonchev–Trinajstić information content (AvgIpc) is 3.10. The highest BCUT2D eigenvalue weighted by molar-refractivity contribution is 5.77. The van der Waals surface area contributed by atoms with Gasteiger partial charge in [-0.05, 0) is 19.1 Å². The molecule has 3 rings (SSSR count). The highest BCUT2D eigenvalue weighted by Crippen LogP contribution is 2.16. The van der Waals surface area contributed by atoms with E-state index in [0.717, 1.165) is 32.0 Å². The van der Waals surface area contributed by atoms with E-state index in [2.05, 4.69) is 14.9 Å². The molecule has 6 heteroatoms. The van der Waals surface area contributed by atoms with Crippen molar-refractivity contribution in [2.45, 2.75) is 19.4 Å². The summed E-state index contributed by atoms with van der Waals surface area (Å²) in [6.07, 6.45) is 7.72. The van der Waals surface area contributed by atoms with Crippen LogP contribution in [0.15, 0.2) is 43.1 Å². The van der Waals surface area contributed by atoms with Gasteiger partial charge >= 0.3 is 0 Å². The Morgan fingerprint density at radius 3 is 2.68 bits per heavy atom. The molecule has 1 aliphatic heterocycles. The van der Waals surface area contributed by atoms with Gasteiger partial charge < -0.3 is 14.4 Å². The maximum Gasteiger partial charge on any atom is 0.224 e. The highest BCUT2D eigenvalue weighted by atomic mass is 16.2. The molecule has 1 atom stereocenters. The molecule has 0 saturated carbocycles. The molecule has 1 amide bonds. The van der Waals surface area contributed by atoms with Crippen LogP contribution in [0.2, 0.25) is 0 Å². The number of amides is 1. The Labute approximate surface area is 130 Å². The molecule has 1 aliphatic rings. The number of carbonyl (C=O) groups is 1. The molecule has 6 nitrogen and oxygen atoms in total. The molecule has 0 aliphatic carbocycles. The fraction of sp³-hybridized carbons (Fsp3) is 0.438. The third kappa shape index (κ3) is 3.27. The minimum absolute atomic E-state index is 0.142. The van der Waals surface area contributed by atoms with Crippen molar-refractivity contribution in [1.82, 2.24) is 19.4 Å². The number of hydrogen-bond acceptors (Lipinski definition) is 4. The molecule has 2 aromatic heterocycles. The molecule has 116 valence electrons. The van der Waals surface area contributed by atoms with Crippen LogP contribution in [0.1, 0.15) is 19.4 Å². The van der Waals surface area contributed by atoms with Gasteiger partial charge in [-0.1, -0.05) is 6.07 Å². The SMILES string of the molecule is C[C@@H](CC(=O)N1CCN(c2ccccn2)CC1)n1ccnc1. The molecular weight excluding hydrogens is 278 g/mol. The summed E-state index contributed by atoms with van der Waals surface area (Å²) in [7, 11) is 0. The number of carbonyl (C=O) groups excluding carboxylic acids is 1. The van der Waals surface area contributed by atoms with Gasteiger partial charge in [0.2, 0.25) is 5.91 Å². The van der Waals surface area contributed by atoms with E-state index in [1.54, 1.807) is 18.7 Å². The second-order valence-electron chi connectivity index (χ2n) is 5.62. The molecule has 1 fully saturated rings. The largest absolute Gasteiger partial charge is 0.353 e. The average molecular weight is 299 g/mol.